The molecule has 0 spiro atoms. The summed E-state index contributed by atoms with van der Waals surface area (Å²) in [5, 5.41) is 16.2. The molecule has 7 heteroatoms. The molecule has 0 atom stereocenters. The topological polar surface area (TPSA) is 73.3 Å². The molecule has 1 aromatic carbocycles. The predicted octanol–water partition coefficient (Wildman–Crippen LogP) is 3.56. The molecule has 2 heterocycles. The molecule has 0 saturated carbocycles. The van der Waals surface area contributed by atoms with Crippen molar-refractivity contribution in [2.45, 2.75) is 20.3 Å². The summed E-state index contributed by atoms with van der Waals surface area (Å²) in [6, 6.07) is 6.39. The minimum absolute atomic E-state index is 0.0807. The molecule has 0 N–H and O–H groups in total. The molecule has 6 nitrogen and oxygen atoms in total. The van der Waals surface area contributed by atoms with Crippen LogP contribution in [-0.4, -0.2) is 19.5 Å². The average molecular weight is 302 g/mol. The maximum Gasteiger partial charge on any atom is 0.269 e. The van der Waals surface area contributed by atoms with Gasteiger partial charge in [0.15, 0.2) is 0 Å². The zero-order chi connectivity index (χ0) is 15.0. The van der Waals surface area contributed by atoms with Crippen molar-refractivity contribution in [3.05, 3.63) is 45.6 Å². The Kier molecular flexibility index (Phi) is 3.42. The number of rotatable bonds is 4. The highest BCUT2D eigenvalue weighted by Crippen LogP contribution is 2.25. The van der Waals surface area contributed by atoms with Crippen molar-refractivity contribution in [2.24, 2.45) is 5.92 Å². The van der Waals surface area contributed by atoms with Crippen molar-refractivity contribution in [3.63, 3.8) is 0 Å². The van der Waals surface area contributed by atoms with Gasteiger partial charge in [-0.05, 0) is 18.1 Å². The molecule has 0 aliphatic heterocycles. The van der Waals surface area contributed by atoms with Gasteiger partial charge >= 0.3 is 0 Å². The molecule has 21 heavy (non-hydrogen) atoms. The van der Waals surface area contributed by atoms with Crippen molar-refractivity contribution in [2.75, 3.05) is 0 Å². The van der Waals surface area contributed by atoms with Crippen LogP contribution in [0.15, 0.2) is 30.5 Å². The van der Waals surface area contributed by atoms with Crippen LogP contribution in [0.2, 0.25) is 0 Å². The summed E-state index contributed by atoms with van der Waals surface area (Å²) in [5.74, 6) is 0.565. The Balaban J connectivity index is 1.90. The monoisotopic (exact) mass is 302 g/mol. The van der Waals surface area contributed by atoms with Crippen LogP contribution in [0.4, 0.5) is 5.69 Å². The summed E-state index contributed by atoms with van der Waals surface area (Å²) in [5.41, 5.74) is 1.71. The second kappa shape index (κ2) is 5.25. The summed E-state index contributed by atoms with van der Waals surface area (Å²) in [6.45, 7) is 4.32. The van der Waals surface area contributed by atoms with Gasteiger partial charge in [-0.25, -0.2) is 9.50 Å². The summed E-state index contributed by atoms with van der Waals surface area (Å²) < 4.78 is 1.78. The SMILES string of the molecule is CC(C)Cc1nn2cc(-c3ccc([N+](=O)[O-])cc3)nc2s1. The molecule has 2 aromatic heterocycles. The lowest BCUT2D eigenvalue weighted by molar-refractivity contribution is -0.384. The summed E-state index contributed by atoms with van der Waals surface area (Å²) >= 11 is 1.58. The minimum atomic E-state index is -0.407. The number of hydrogen-bond donors (Lipinski definition) is 0. The number of aromatic nitrogens is 3. The lowest BCUT2D eigenvalue weighted by Crippen LogP contribution is -1.94. The first-order chi connectivity index (χ1) is 10.0. The van der Waals surface area contributed by atoms with Crippen LogP contribution >= 0.6 is 11.3 Å². The normalized spacial score (nSPS) is 11.4. The lowest BCUT2D eigenvalue weighted by atomic mass is 10.1. The van der Waals surface area contributed by atoms with Gasteiger partial charge in [-0.3, -0.25) is 10.1 Å². The first-order valence-corrected chi connectivity index (χ1v) is 7.44. The van der Waals surface area contributed by atoms with Gasteiger partial charge < -0.3 is 0 Å². The number of nitrogens with zero attached hydrogens (tertiary/aromatic N) is 4. The Morgan fingerprint density at radius 3 is 2.62 bits per heavy atom. The van der Waals surface area contributed by atoms with E-state index in [1.165, 1.54) is 12.1 Å². The van der Waals surface area contributed by atoms with Crippen LogP contribution < -0.4 is 0 Å². The van der Waals surface area contributed by atoms with Gasteiger partial charge in [0, 0.05) is 24.1 Å². The Bertz CT molecular complexity index is 758. The van der Waals surface area contributed by atoms with Gasteiger partial charge in [-0.2, -0.15) is 5.10 Å². The van der Waals surface area contributed by atoms with Crippen LogP contribution in [0.5, 0.6) is 0 Å². The number of hydrogen-bond acceptors (Lipinski definition) is 5. The molecule has 3 rings (SSSR count). The van der Waals surface area contributed by atoms with Gasteiger partial charge in [0.05, 0.1) is 16.8 Å². The Morgan fingerprint density at radius 1 is 1.33 bits per heavy atom. The van der Waals surface area contributed by atoms with E-state index in [1.54, 1.807) is 28.0 Å². The van der Waals surface area contributed by atoms with E-state index in [0.29, 0.717) is 5.92 Å². The molecule has 0 aliphatic carbocycles. The number of non-ortho nitro benzene ring substituents is 1. The number of nitro benzene ring substituents is 1. The van der Waals surface area contributed by atoms with Gasteiger partial charge in [0.1, 0.15) is 5.01 Å². The van der Waals surface area contributed by atoms with Crippen molar-refractivity contribution >= 4 is 22.0 Å². The first-order valence-electron chi connectivity index (χ1n) is 6.63. The summed E-state index contributed by atoms with van der Waals surface area (Å²) in [7, 11) is 0. The average Bonchev–Trinajstić information content (AvgIpc) is 2.96. The number of benzene rings is 1. The molecule has 0 aliphatic rings. The third-order valence-electron chi connectivity index (χ3n) is 3.04. The van der Waals surface area contributed by atoms with Crippen LogP contribution in [0, 0.1) is 16.0 Å². The molecule has 0 saturated heterocycles. The van der Waals surface area contributed by atoms with Crippen molar-refractivity contribution in [3.8, 4) is 11.3 Å². The Morgan fingerprint density at radius 2 is 2.05 bits per heavy atom. The number of imidazole rings is 1. The Labute approximate surface area is 125 Å². The smallest absolute Gasteiger partial charge is 0.258 e. The van der Waals surface area contributed by atoms with Gasteiger partial charge in [0.25, 0.3) is 5.69 Å². The molecule has 0 radical (unpaired) electrons. The number of nitro groups is 1. The molecule has 0 fully saturated rings. The van der Waals surface area contributed by atoms with E-state index in [2.05, 4.69) is 23.9 Å². The van der Waals surface area contributed by atoms with Crippen molar-refractivity contribution < 1.29 is 4.92 Å². The van der Waals surface area contributed by atoms with E-state index in [4.69, 9.17) is 0 Å². The predicted molar refractivity (Wildman–Crippen MR) is 81.5 cm³/mol. The molecule has 0 amide bonds. The fraction of sp³-hybridized carbons (Fsp3) is 0.286. The summed E-state index contributed by atoms with van der Waals surface area (Å²) in [6.07, 6.45) is 2.80. The van der Waals surface area contributed by atoms with E-state index in [1.807, 2.05) is 6.20 Å². The third-order valence-corrected chi connectivity index (χ3v) is 3.99. The van der Waals surface area contributed by atoms with Crippen molar-refractivity contribution in [1.82, 2.24) is 14.6 Å². The first kappa shape index (κ1) is 13.7. The molecule has 0 bridgehead atoms. The van der Waals surface area contributed by atoms with Crippen LogP contribution in [-0.2, 0) is 6.42 Å². The lowest BCUT2D eigenvalue weighted by Gasteiger charge is -1.98. The van der Waals surface area contributed by atoms with E-state index >= 15 is 0 Å². The van der Waals surface area contributed by atoms with Crippen LogP contribution in [0.1, 0.15) is 18.9 Å². The second-order valence-corrected chi connectivity index (χ2v) is 6.29. The van der Waals surface area contributed by atoms with Crippen molar-refractivity contribution in [1.29, 1.82) is 0 Å². The van der Waals surface area contributed by atoms with Crippen LogP contribution in [0.25, 0.3) is 16.2 Å². The Hall–Kier alpha value is -2.28. The fourth-order valence-corrected chi connectivity index (χ4v) is 3.15. The largest absolute Gasteiger partial charge is 0.269 e. The third kappa shape index (κ3) is 2.78. The highest BCUT2D eigenvalue weighted by Gasteiger charge is 2.12. The molecular weight excluding hydrogens is 288 g/mol. The number of fused-ring (bicyclic) bond motifs is 1. The van der Waals surface area contributed by atoms with E-state index in [-0.39, 0.29) is 5.69 Å². The maximum absolute atomic E-state index is 10.7. The van der Waals surface area contributed by atoms with E-state index < -0.39 is 4.92 Å². The van der Waals surface area contributed by atoms with Gasteiger partial charge in [-0.1, -0.05) is 25.2 Å². The molecule has 108 valence electrons. The molecule has 0 unspecified atom stereocenters. The fourth-order valence-electron chi connectivity index (χ4n) is 2.07. The summed E-state index contributed by atoms with van der Waals surface area (Å²) in [4.78, 5) is 15.6. The highest BCUT2D eigenvalue weighted by molar-refractivity contribution is 7.16. The maximum atomic E-state index is 10.7. The minimum Gasteiger partial charge on any atom is -0.258 e. The second-order valence-electron chi connectivity index (χ2n) is 5.25. The molecular formula is C14H14N4O2S. The molecule has 3 aromatic rings. The van der Waals surface area contributed by atoms with Gasteiger partial charge in [-0.15, -0.1) is 0 Å². The zero-order valence-corrected chi connectivity index (χ0v) is 12.5. The standard InChI is InChI=1S/C14H14N4O2S/c1-9(2)7-13-16-17-8-12(15-14(17)21-13)10-3-5-11(6-4-10)18(19)20/h3-6,8-9H,7H2,1-2H3. The van der Waals surface area contributed by atoms with Gasteiger partial charge in [0.2, 0.25) is 4.96 Å². The zero-order valence-electron chi connectivity index (χ0n) is 11.7. The van der Waals surface area contributed by atoms with E-state index in [0.717, 1.165) is 27.6 Å². The van der Waals surface area contributed by atoms with Crippen LogP contribution in [0.3, 0.4) is 0 Å². The highest BCUT2D eigenvalue weighted by atomic mass is 32.1. The van der Waals surface area contributed by atoms with E-state index in [9.17, 15) is 10.1 Å². The quantitative estimate of drug-likeness (QED) is 0.545.